The van der Waals surface area contributed by atoms with Crippen LogP contribution in [0.5, 0.6) is 0 Å². The predicted octanol–water partition coefficient (Wildman–Crippen LogP) is 4.18. The van der Waals surface area contributed by atoms with Gasteiger partial charge in [0.1, 0.15) is 0 Å². The predicted molar refractivity (Wildman–Crippen MR) is 88.1 cm³/mol. The van der Waals surface area contributed by atoms with E-state index >= 15 is 0 Å². The lowest BCUT2D eigenvalue weighted by Gasteiger charge is -2.17. The van der Waals surface area contributed by atoms with Crippen molar-refractivity contribution in [3.8, 4) is 0 Å². The Morgan fingerprint density at radius 2 is 1.81 bits per heavy atom. The molecule has 0 aliphatic carbocycles. The Labute approximate surface area is 130 Å². The van der Waals surface area contributed by atoms with Gasteiger partial charge in [0, 0.05) is 18.7 Å². The molecule has 1 amide bonds. The first-order valence-corrected chi connectivity index (χ1v) is 7.24. The molecule has 110 valence electrons. The first kappa shape index (κ1) is 15.4. The SMILES string of the molecule is CNC(=O)c1ccc(Cl)c(NC(C)c2ccc(C)cc2)c1. The van der Waals surface area contributed by atoms with E-state index in [4.69, 9.17) is 11.6 Å². The number of benzene rings is 2. The zero-order valence-electron chi connectivity index (χ0n) is 12.4. The first-order valence-electron chi connectivity index (χ1n) is 6.86. The van der Waals surface area contributed by atoms with Crippen LogP contribution in [0, 0.1) is 6.92 Å². The molecule has 0 radical (unpaired) electrons. The van der Waals surface area contributed by atoms with Crippen LogP contribution in [0.4, 0.5) is 5.69 Å². The summed E-state index contributed by atoms with van der Waals surface area (Å²) in [6.45, 7) is 4.12. The van der Waals surface area contributed by atoms with Gasteiger partial charge in [-0.25, -0.2) is 0 Å². The topological polar surface area (TPSA) is 41.1 Å². The van der Waals surface area contributed by atoms with Crippen molar-refractivity contribution in [2.45, 2.75) is 19.9 Å². The van der Waals surface area contributed by atoms with Gasteiger partial charge in [-0.05, 0) is 37.6 Å². The van der Waals surface area contributed by atoms with Gasteiger partial charge in [0.2, 0.25) is 0 Å². The van der Waals surface area contributed by atoms with E-state index in [1.165, 1.54) is 11.1 Å². The number of rotatable bonds is 4. The molecule has 3 nitrogen and oxygen atoms in total. The summed E-state index contributed by atoms with van der Waals surface area (Å²) in [5, 5.41) is 6.56. The van der Waals surface area contributed by atoms with Crippen molar-refractivity contribution in [3.05, 3.63) is 64.2 Å². The van der Waals surface area contributed by atoms with E-state index in [-0.39, 0.29) is 11.9 Å². The van der Waals surface area contributed by atoms with Crippen molar-refractivity contribution >= 4 is 23.2 Å². The second kappa shape index (κ2) is 6.64. The summed E-state index contributed by atoms with van der Waals surface area (Å²) >= 11 is 6.21. The van der Waals surface area contributed by atoms with Gasteiger partial charge in [-0.2, -0.15) is 0 Å². The molecule has 0 aliphatic heterocycles. The Bertz CT molecular complexity index is 638. The second-order valence-corrected chi connectivity index (χ2v) is 5.46. The molecule has 1 unspecified atom stereocenters. The quantitative estimate of drug-likeness (QED) is 0.889. The highest BCUT2D eigenvalue weighted by Gasteiger charge is 2.11. The minimum Gasteiger partial charge on any atom is -0.377 e. The van der Waals surface area contributed by atoms with Gasteiger partial charge in [0.15, 0.2) is 0 Å². The Kier molecular flexibility index (Phi) is 4.86. The number of carbonyl (C=O) groups is 1. The molecule has 2 rings (SSSR count). The van der Waals surface area contributed by atoms with E-state index in [1.54, 1.807) is 25.2 Å². The molecule has 1 atom stereocenters. The van der Waals surface area contributed by atoms with Gasteiger partial charge in [0.25, 0.3) is 5.91 Å². The average Bonchev–Trinajstić information content (AvgIpc) is 2.49. The zero-order valence-corrected chi connectivity index (χ0v) is 13.2. The number of nitrogens with one attached hydrogen (secondary N) is 2. The zero-order chi connectivity index (χ0) is 15.4. The average molecular weight is 303 g/mol. The van der Waals surface area contributed by atoms with Crippen LogP contribution in [0.1, 0.15) is 34.5 Å². The molecule has 21 heavy (non-hydrogen) atoms. The van der Waals surface area contributed by atoms with Crippen LogP contribution in [0.25, 0.3) is 0 Å². The molecule has 0 aliphatic rings. The largest absolute Gasteiger partial charge is 0.377 e. The number of hydrogen-bond acceptors (Lipinski definition) is 2. The van der Waals surface area contributed by atoms with Gasteiger partial charge in [-0.3, -0.25) is 4.79 Å². The molecule has 0 spiro atoms. The summed E-state index contributed by atoms with van der Waals surface area (Å²) in [5.41, 5.74) is 3.74. The Hall–Kier alpha value is -2.00. The standard InChI is InChI=1S/C17H19ClN2O/c1-11-4-6-13(7-5-11)12(2)20-16-10-14(17(21)19-3)8-9-15(16)18/h4-10,12,20H,1-3H3,(H,19,21). The van der Waals surface area contributed by atoms with Crippen molar-refractivity contribution in [1.82, 2.24) is 5.32 Å². The van der Waals surface area contributed by atoms with Crippen LogP contribution in [-0.2, 0) is 0 Å². The molecule has 2 N–H and O–H groups in total. The van der Waals surface area contributed by atoms with Gasteiger partial charge in [0.05, 0.1) is 10.7 Å². The molecule has 4 heteroatoms. The Morgan fingerprint density at radius 3 is 2.43 bits per heavy atom. The summed E-state index contributed by atoms with van der Waals surface area (Å²) in [4.78, 5) is 11.7. The summed E-state index contributed by atoms with van der Waals surface area (Å²) in [6, 6.07) is 13.6. The van der Waals surface area contributed by atoms with Crippen molar-refractivity contribution in [3.63, 3.8) is 0 Å². The monoisotopic (exact) mass is 302 g/mol. The summed E-state index contributed by atoms with van der Waals surface area (Å²) in [6.07, 6.45) is 0. The molecular weight excluding hydrogens is 284 g/mol. The van der Waals surface area contributed by atoms with Crippen molar-refractivity contribution in [2.24, 2.45) is 0 Å². The van der Waals surface area contributed by atoms with Gasteiger partial charge in [-0.15, -0.1) is 0 Å². The van der Waals surface area contributed by atoms with E-state index in [0.717, 1.165) is 5.69 Å². The van der Waals surface area contributed by atoms with E-state index in [0.29, 0.717) is 10.6 Å². The van der Waals surface area contributed by atoms with Gasteiger partial charge in [-0.1, -0.05) is 41.4 Å². The van der Waals surface area contributed by atoms with Crippen LogP contribution >= 0.6 is 11.6 Å². The molecule has 0 saturated heterocycles. The number of anilines is 1. The van der Waals surface area contributed by atoms with E-state index < -0.39 is 0 Å². The third-order valence-corrected chi connectivity index (χ3v) is 3.73. The lowest BCUT2D eigenvalue weighted by Crippen LogP contribution is -2.18. The number of amides is 1. The molecule has 2 aromatic rings. The summed E-state index contributed by atoms with van der Waals surface area (Å²) < 4.78 is 0. The maximum Gasteiger partial charge on any atom is 0.251 e. The minimum atomic E-state index is -0.127. The number of carbonyl (C=O) groups excluding carboxylic acids is 1. The summed E-state index contributed by atoms with van der Waals surface area (Å²) in [7, 11) is 1.61. The van der Waals surface area contributed by atoms with E-state index in [2.05, 4.69) is 48.7 Å². The minimum absolute atomic E-state index is 0.100. The number of hydrogen-bond donors (Lipinski definition) is 2. The smallest absolute Gasteiger partial charge is 0.251 e. The summed E-state index contributed by atoms with van der Waals surface area (Å²) in [5.74, 6) is -0.127. The molecule has 0 aromatic heterocycles. The van der Waals surface area contributed by atoms with Crippen LogP contribution in [0.2, 0.25) is 5.02 Å². The number of aryl methyl sites for hydroxylation is 1. The maximum atomic E-state index is 11.7. The highest BCUT2D eigenvalue weighted by molar-refractivity contribution is 6.33. The Balaban J connectivity index is 2.22. The molecule has 0 bridgehead atoms. The van der Waals surface area contributed by atoms with Crippen molar-refractivity contribution < 1.29 is 4.79 Å². The first-order chi connectivity index (χ1) is 10.0. The fourth-order valence-electron chi connectivity index (χ4n) is 2.09. The van der Waals surface area contributed by atoms with Gasteiger partial charge >= 0.3 is 0 Å². The third-order valence-electron chi connectivity index (χ3n) is 3.40. The van der Waals surface area contributed by atoms with Crippen LogP contribution < -0.4 is 10.6 Å². The number of halogens is 1. The normalized spacial score (nSPS) is 11.8. The Morgan fingerprint density at radius 1 is 1.14 bits per heavy atom. The van der Waals surface area contributed by atoms with E-state index in [1.807, 2.05) is 0 Å². The van der Waals surface area contributed by atoms with Gasteiger partial charge < -0.3 is 10.6 Å². The molecule has 0 heterocycles. The molecule has 2 aromatic carbocycles. The molecule has 0 fully saturated rings. The highest BCUT2D eigenvalue weighted by atomic mass is 35.5. The van der Waals surface area contributed by atoms with Crippen molar-refractivity contribution in [1.29, 1.82) is 0 Å². The lowest BCUT2D eigenvalue weighted by molar-refractivity contribution is 0.0963. The van der Waals surface area contributed by atoms with E-state index in [9.17, 15) is 4.79 Å². The van der Waals surface area contributed by atoms with Crippen LogP contribution in [0.15, 0.2) is 42.5 Å². The van der Waals surface area contributed by atoms with Crippen LogP contribution in [-0.4, -0.2) is 13.0 Å². The molecule has 0 saturated carbocycles. The van der Waals surface area contributed by atoms with Crippen molar-refractivity contribution in [2.75, 3.05) is 12.4 Å². The highest BCUT2D eigenvalue weighted by Crippen LogP contribution is 2.27. The second-order valence-electron chi connectivity index (χ2n) is 5.05. The fourth-order valence-corrected chi connectivity index (χ4v) is 2.27. The van der Waals surface area contributed by atoms with Crippen LogP contribution in [0.3, 0.4) is 0 Å². The maximum absolute atomic E-state index is 11.7. The fraction of sp³-hybridized carbons (Fsp3) is 0.235. The third kappa shape index (κ3) is 3.76. The molecular formula is C17H19ClN2O. The lowest BCUT2D eigenvalue weighted by atomic mass is 10.1.